The summed E-state index contributed by atoms with van der Waals surface area (Å²) >= 11 is 0. The molecule has 2 heterocycles. The molecule has 0 radical (unpaired) electrons. The molecule has 4 aromatic rings. The summed E-state index contributed by atoms with van der Waals surface area (Å²) in [5, 5.41) is 36.0. The molecular formula is C62H81FN12O12. The number of benzene rings is 3. The zero-order valence-electron chi connectivity index (χ0n) is 49.8. The van der Waals surface area contributed by atoms with Gasteiger partial charge in [-0.05, 0) is 84.4 Å². The van der Waals surface area contributed by atoms with Gasteiger partial charge in [-0.2, -0.15) is 0 Å². The Balaban J connectivity index is 1.15. The number of carbonyl (C=O) groups excluding carboxylic acids is 9. The van der Waals surface area contributed by atoms with Crippen molar-refractivity contribution in [3.8, 4) is 11.3 Å². The van der Waals surface area contributed by atoms with E-state index in [-0.39, 0.29) is 82.2 Å². The van der Waals surface area contributed by atoms with E-state index >= 15 is 0 Å². The zero-order valence-corrected chi connectivity index (χ0v) is 49.8. The highest BCUT2D eigenvalue weighted by atomic mass is 19.1. The van der Waals surface area contributed by atoms with Crippen LogP contribution in [0.4, 0.5) is 14.9 Å². The molecule has 24 nitrogen and oxygen atoms in total. The van der Waals surface area contributed by atoms with E-state index in [0.717, 1.165) is 10.5 Å². The minimum atomic E-state index is -1.40. The third-order valence-corrected chi connectivity index (χ3v) is 14.4. The van der Waals surface area contributed by atoms with Gasteiger partial charge < -0.3 is 63.0 Å². The van der Waals surface area contributed by atoms with E-state index in [1.54, 1.807) is 32.2 Å². The Labute approximate surface area is 505 Å². The average molecular weight is 1210 g/mol. The number of unbranched alkanes of at least 4 members (excludes halogenated alkanes) is 2. The molecular weight excluding hydrogens is 1120 g/mol. The van der Waals surface area contributed by atoms with Crippen molar-refractivity contribution >= 4 is 71.0 Å². The number of aromatic nitrogens is 2. The Hall–Kier alpha value is -9.10. The number of hydrogen-bond acceptors (Lipinski definition) is 13. The van der Waals surface area contributed by atoms with Gasteiger partial charge in [0.1, 0.15) is 36.4 Å². The third kappa shape index (κ3) is 21.1. The maximum atomic E-state index is 14.7. The number of hydrogen-bond donors (Lipinski definition) is 10. The molecule has 3 aromatic carbocycles. The summed E-state index contributed by atoms with van der Waals surface area (Å²) in [4.78, 5) is 135. The predicted octanol–water partition coefficient (Wildman–Crippen LogP) is 3.82. The quantitative estimate of drug-likeness (QED) is 0.0235. The van der Waals surface area contributed by atoms with Crippen molar-refractivity contribution < 1.29 is 62.5 Å². The minimum Gasteiger partial charge on any atom is -0.480 e. The Bertz CT molecular complexity index is 3110. The van der Waals surface area contributed by atoms with Crippen molar-refractivity contribution in [2.24, 2.45) is 22.8 Å². The second-order valence-electron chi connectivity index (χ2n) is 22.6. The first-order chi connectivity index (χ1) is 41.3. The number of aliphatic hydroxyl groups excluding tert-OH is 1. The maximum absolute atomic E-state index is 14.7. The van der Waals surface area contributed by atoms with Crippen LogP contribution in [-0.4, -0.2) is 146 Å². The number of primary amides is 1. The number of imidazole rings is 1. The highest BCUT2D eigenvalue weighted by molar-refractivity contribution is 6.12. The number of urea groups is 1. The molecule has 0 aliphatic carbocycles. The second kappa shape index (κ2) is 33.0. The van der Waals surface area contributed by atoms with Crippen molar-refractivity contribution in [2.75, 3.05) is 38.1 Å². The normalized spacial score (nSPS) is 13.9. The maximum Gasteiger partial charge on any atom is 0.326 e. The highest BCUT2D eigenvalue weighted by Gasteiger charge is 2.39. The van der Waals surface area contributed by atoms with Crippen LogP contribution >= 0.6 is 0 Å². The van der Waals surface area contributed by atoms with Crippen LogP contribution in [-0.2, 0) is 56.1 Å². The number of imide groups is 1. The molecule has 12 N–H and O–H groups in total. The molecule has 468 valence electrons. The molecule has 1 aliphatic heterocycles. The van der Waals surface area contributed by atoms with Crippen molar-refractivity contribution in [2.45, 2.75) is 129 Å². The third-order valence-electron chi connectivity index (χ3n) is 14.4. The first-order valence-electron chi connectivity index (χ1n) is 28.9. The van der Waals surface area contributed by atoms with E-state index in [4.69, 9.17) is 16.5 Å². The summed E-state index contributed by atoms with van der Waals surface area (Å²) in [5.74, 6) is -6.25. The van der Waals surface area contributed by atoms with E-state index in [2.05, 4.69) is 38.5 Å². The zero-order chi connectivity index (χ0) is 64.0. The van der Waals surface area contributed by atoms with Gasteiger partial charge in [0.2, 0.25) is 35.4 Å². The molecule has 0 fully saturated rings. The van der Waals surface area contributed by atoms with Gasteiger partial charge in [-0.1, -0.05) is 102 Å². The molecule has 87 heavy (non-hydrogen) atoms. The number of nitrogens with zero attached hydrogens (tertiary/aromatic N) is 4. The average Bonchev–Trinajstić information content (AvgIpc) is 1.75. The van der Waals surface area contributed by atoms with E-state index in [0.29, 0.717) is 54.0 Å². The lowest BCUT2D eigenvalue weighted by Gasteiger charge is -2.40. The van der Waals surface area contributed by atoms with Crippen LogP contribution in [0, 0.1) is 17.2 Å². The van der Waals surface area contributed by atoms with E-state index < -0.39 is 101 Å². The topological polar surface area (TPSA) is 360 Å². The SMILES string of the molecule is C=Cc1ccc(F)cc1-c1cn(Cc2ccccc2)c([C@H](N(CC[C@H](N)C(=O)NCCC(=O)N[C@@H](Cc2ccc(NC(=O)[C@H](CCCNC(N)=O)NC(=O)[C@@H](NC(=O)CCCCCN3C(=O)C=CC3=O)C(C)C)cc2)C(=O)O)C(=O)CO)C(C)(C)C)n1. The number of anilines is 1. The van der Waals surface area contributed by atoms with E-state index in [1.165, 1.54) is 53.5 Å². The molecule has 1 aromatic heterocycles. The molecule has 5 atom stereocenters. The predicted molar refractivity (Wildman–Crippen MR) is 323 cm³/mol. The molecule has 1 aliphatic rings. The summed E-state index contributed by atoms with van der Waals surface area (Å²) in [6.07, 6.45) is 7.01. The number of nitrogens with two attached hydrogens (primary N) is 2. The summed E-state index contributed by atoms with van der Waals surface area (Å²) in [6.45, 7) is 12.5. The molecule has 0 unspecified atom stereocenters. The van der Waals surface area contributed by atoms with Crippen molar-refractivity contribution in [3.05, 3.63) is 126 Å². The lowest BCUT2D eigenvalue weighted by atomic mass is 9.84. The van der Waals surface area contributed by atoms with Gasteiger partial charge in [-0.3, -0.25) is 43.3 Å². The van der Waals surface area contributed by atoms with Crippen LogP contribution in [0.3, 0.4) is 0 Å². The standard InChI is InChI=1S/C62H81FN12O12/c1-7-41-21-22-42(63)34-44(41)48-36-73(35-40-15-10-8-11-16-40)56(70-48)55(62(4,5)6)75(53(81)37-76)32-28-45(64)57(82)66-30-27-50(78)69-47(60(85)86)33-39-19-23-43(24-20-39)68-58(83)46(17-14-29-67-61(65)87)71-59(84)54(38(2)3)72-49(77)18-12-9-13-31-74-51(79)25-26-52(74)80/h7-8,10-11,15-16,19-26,34,36,38,45-47,54-55,76H,1,9,12-14,17-18,27-33,35,37,64H2,2-6H3,(H,66,82)(H,68,83)(H,69,78)(H,71,84)(H,72,77)(H,85,86)(H3,65,67,87)/t45-,46-,47-,54-,55-/m0/s1. The molecule has 0 saturated carbocycles. The highest BCUT2D eigenvalue weighted by Crippen LogP contribution is 2.40. The molecule has 0 saturated heterocycles. The molecule has 10 amide bonds. The molecule has 25 heteroatoms. The first-order valence-corrected chi connectivity index (χ1v) is 28.9. The number of amides is 10. The number of halogens is 1. The van der Waals surface area contributed by atoms with Crippen molar-refractivity contribution in [3.63, 3.8) is 0 Å². The van der Waals surface area contributed by atoms with Crippen LogP contribution in [0.25, 0.3) is 17.3 Å². The summed E-state index contributed by atoms with van der Waals surface area (Å²) < 4.78 is 16.6. The number of nitrogens with one attached hydrogen (secondary N) is 6. The van der Waals surface area contributed by atoms with Crippen molar-refractivity contribution in [1.29, 1.82) is 0 Å². The number of aliphatic carboxylic acids is 1. The molecule has 0 spiro atoms. The monoisotopic (exact) mass is 1200 g/mol. The smallest absolute Gasteiger partial charge is 0.326 e. The molecule has 0 bridgehead atoms. The molecule has 5 rings (SSSR count). The Morgan fingerprint density at radius 2 is 1.46 bits per heavy atom. The number of carboxylic acids is 1. The first kappa shape index (κ1) is 68.7. The Morgan fingerprint density at radius 3 is 2.08 bits per heavy atom. The number of rotatable bonds is 34. The second-order valence-corrected chi connectivity index (χ2v) is 22.6. The largest absolute Gasteiger partial charge is 0.480 e. The van der Waals surface area contributed by atoms with Gasteiger partial charge in [0, 0.05) is 81.6 Å². The Kier molecular flexibility index (Phi) is 26.0. The van der Waals surface area contributed by atoms with Gasteiger partial charge in [-0.15, -0.1) is 0 Å². The van der Waals surface area contributed by atoms with E-state index in [9.17, 15) is 62.5 Å². The minimum absolute atomic E-state index is 0.0537. The van der Waals surface area contributed by atoms with Crippen LogP contribution < -0.4 is 43.4 Å². The van der Waals surface area contributed by atoms with Crippen molar-refractivity contribution in [1.82, 2.24) is 45.9 Å². The van der Waals surface area contributed by atoms with Gasteiger partial charge in [0.15, 0.2) is 0 Å². The fourth-order valence-electron chi connectivity index (χ4n) is 9.80. The van der Waals surface area contributed by atoms with Gasteiger partial charge in [0.05, 0.1) is 17.8 Å². The van der Waals surface area contributed by atoms with Crippen LogP contribution in [0.2, 0.25) is 0 Å². The summed E-state index contributed by atoms with van der Waals surface area (Å²) in [5.41, 5.74) is 14.0. The lowest BCUT2D eigenvalue weighted by Crippen LogP contribution is -2.54. The lowest BCUT2D eigenvalue weighted by molar-refractivity contribution is -0.142. The van der Waals surface area contributed by atoms with Gasteiger partial charge >= 0.3 is 12.0 Å². The number of aliphatic hydroxyl groups is 1. The summed E-state index contributed by atoms with van der Waals surface area (Å²) in [6, 6.07) is 13.5. The Morgan fingerprint density at radius 1 is 0.782 bits per heavy atom. The number of carbonyl (C=O) groups is 10. The fourth-order valence-corrected chi connectivity index (χ4v) is 9.80. The van der Waals surface area contributed by atoms with Gasteiger partial charge in [-0.25, -0.2) is 19.0 Å². The van der Waals surface area contributed by atoms with Gasteiger partial charge in [0.25, 0.3) is 11.8 Å². The van der Waals surface area contributed by atoms with Crippen LogP contribution in [0.1, 0.15) is 115 Å². The van der Waals surface area contributed by atoms with E-state index in [1.807, 2.05) is 55.7 Å². The summed E-state index contributed by atoms with van der Waals surface area (Å²) in [7, 11) is 0. The van der Waals surface area contributed by atoms with Crippen LogP contribution in [0.15, 0.2) is 97.7 Å². The fraction of sp³-hybridized carbons (Fsp3) is 0.435. The van der Waals surface area contributed by atoms with Crippen LogP contribution in [0.5, 0.6) is 0 Å². The number of carboxylic acid groups (broad SMARTS) is 1.